The van der Waals surface area contributed by atoms with Gasteiger partial charge >= 0.3 is 0 Å². The van der Waals surface area contributed by atoms with Crippen LogP contribution >= 0.6 is 0 Å². The van der Waals surface area contributed by atoms with E-state index in [2.05, 4.69) is 0 Å². The fourth-order valence-corrected chi connectivity index (χ4v) is 5.63. The molecule has 0 aromatic heterocycles. The highest BCUT2D eigenvalue weighted by atomic mass is 19.1. The van der Waals surface area contributed by atoms with Crippen molar-refractivity contribution in [1.29, 1.82) is 0 Å². The summed E-state index contributed by atoms with van der Waals surface area (Å²) < 4.78 is 25.5. The molecule has 1 aliphatic carbocycles. The number of hydrogen-bond donors (Lipinski definition) is 0. The molecule has 2 heterocycles. The van der Waals surface area contributed by atoms with Crippen LogP contribution < -0.4 is 9.64 Å². The van der Waals surface area contributed by atoms with Gasteiger partial charge in [0, 0.05) is 11.1 Å². The van der Waals surface area contributed by atoms with Crippen LogP contribution in [0.2, 0.25) is 0 Å². The highest BCUT2D eigenvalue weighted by Crippen LogP contribution is 2.58. The molecule has 3 aromatic carbocycles. The highest BCUT2D eigenvalue weighted by molar-refractivity contribution is 6.37. The molecule has 3 aromatic rings. The molecule has 6 rings (SSSR count). The summed E-state index contributed by atoms with van der Waals surface area (Å²) in [6.45, 7) is 2.08. The Hall–Kier alpha value is -4.17. The molecule has 3 unspecified atom stereocenters. The maximum atomic E-state index is 14.0. The molecule has 0 saturated carbocycles. The number of para-hydroxylation sites is 2. The van der Waals surface area contributed by atoms with Crippen molar-refractivity contribution < 1.29 is 33.0 Å². The van der Waals surface area contributed by atoms with Crippen molar-refractivity contribution in [3.05, 3.63) is 95.3 Å². The molecule has 8 heteroatoms. The van der Waals surface area contributed by atoms with Gasteiger partial charge in [0.1, 0.15) is 11.6 Å². The summed E-state index contributed by atoms with van der Waals surface area (Å²) >= 11 is 0. The third kappa shape index (κ3) is 2.82. The van der Waals surface area contributed by atoms with Gasteiger partial charge in [-0.25, -0.2) is 9.29 Å². The van der Waals surface area contributed by atoms with Crippen LogP contribution in [0.5, 0.6) is 5.75 Å². The number of hydrogen-bond acceptors (Lipinski definition) is 6. The van der Waals surface area contributed by atoms with Crippen LogP contribution in [-0.2, 0) is 14.3 Å². The number of nitrogens with zero attached hydrogens (tertiary/aromatic N) is 1. The van der Waals surface area contributed by atoms with Gasteiger partial charge in [-0.3, -0.25) is 19.2 Å². The summed E-state index contributed by atoms with van der Waals surface area (Å²) in [5.41, 5.74) is -1.27. The minimum Gasteiger partial charge on any atom is -0.492 e. The molecule has 7 nitrogen and oxygen atoms in total. The summed E-state index contributed by atoms with van der Waals surface area (Å²) in [5.74, 6) is -5.35. The zero-order chi connectivity index (χ0) is 25.2. The zero-order valence-electron chi connectivity index (χ0n) is 19.1. The molecule has 0 N–H and O–H groups in total. The number of rotatable bonds is 4. The van der Waals surface area contributed by atoms with Crippen LogP contribution in [0.15, 0.2) is 72.8 Å². The maximum Gasteiger partial charge on any atom is 0.241 e. The van der Waals surface area contributed by atoms with Gasteiger partial charge in [-0.2, -0.15) is 0 Å². The predicted octanol–water partition coefficient (Wildman–Crippen LogP) is 3.92. The van der Waals surface area contributed by atoms with E-state index in [1.165, 1.54) is 36.4 Å². The van der Waals surface area contributed by atoms with Gasteiger partial charge in [-0.05, 0) is 36.8 Å². The van der Waals surface area contributed by atoms with E-state index in [9.17, 15) is 23.6 Å². The zero-order valence-corrected chi connectivity index (χ0v) is 19.1. The largest absolute Gasteiger partial charge is 0.492 e. The Bertz CT molecular complexity index is 1410. The van der Waals surface area contributed by atoms with Crippen LogP contribution in [0.3, 0.4) is 0 Å². The number of amides is 2. The lowest BCUT2D eigenvalue weighted by Crippen LogP contribution is -2.51. The summed E-state index contributed by atoms with van der Waals surface area (Å²) in [6, 6.07) is 18.1. The molecule has 2 amide bonds. The first-order chi connectivity index (χ1) is 17.4. The summed E-state index contributed by atoms with van der Waals surface area (Å²) in [6.07, 6.45) is -1.11. The average molecular weight is 485 g/mol. The van der Waals surface area contributed by atoms with E-state index in [0.29, 0.717) is 17.9 Å². The molecular weight excluding hydrogens is 465 g/mol. The molecule has 2 saturated heterocycles. The molecule has 1 spiro atoms. The monoisotopic (exact) mass is 485 g/mol. The third-order valence-electron chi connectivity index (χ3n) is 7.12. The normalized spacial score (nSPS) is 23.9. The fourth-order valence-electron chi connectivity index (χ4n) is 5.63. The third-order valence-corrected chi connectivity index (χ3v) is 7.12. The Balaban J connectivity index is 1.54. The highest BCUT2D eigenvalue weighted by Gasteiger charge is 2.74. The molecular formula is C28H20FNO6. The number of imide groups is 1. The molecule has 3 aliphatic rings. The van der Waals surface area contributed by atoms with Crippen molar-refractivity contribution in [2.24, 2.45) is 11.8 Å². The molecule has 2 aliphatic heterocycles. The minimum absolute atomic E-state index is 0.148. The SMILES string of the molecule is CCOc1ccccc1N1C(=O)C2C(c3ccc(F)cc3)OC3(C(=O)c4ccccc4C3=O)C2C1=O. The number of anilines is 1. The molecule has 180 valence electrons. The van der Waals surface area contributed by atoms with Gasteiger partial charge in [0.25, 0.3) is 0 Å². The van der Waals surface area contributed by atoms with Crippen molar-refractivity contribution in [2.45, 2.75) is 18.6 Å². The second-order valence-electron chi connectivity index (χ2n) is 8.95. The number of carbonyl (C=O) groups excluding carboxylic acids is 4. The van der Waals surface area contributed by atoms with Crippen LogP contribution in [0.4, 0.5) is 10.1 Å². The lowest BCUT2D eigenvalue weighted by Gasteiger charge is -2.27. The van der Waals surface area contributed by atoms with Crippen molar-refractivity contribution in [3.63, 3.8) is 0 Å². The Morgan fingerprint density at radius 2 is 1.47 bits per heavy atom. The Morgan fingerprint density at radius 3 is 2.11 bits per heavy atom. The van der Waals surface area contributed by atoms with E-state index in [1.807, 2.05) is 0 Å². The van der Waals surface area contributed by atoms with Crippen LogP contribution in [-0.4, -0.2) is 35.6 Å². The molecule has 0 bridgehead atoms. The van der Waals surface area contributed by atoms with Crippen molar-refractivity contribution in [3.8, 4) is 5.75 Å². The average Bonchev–Trinajstić information content (AvgIpc) is 3.45. The van der Waals surface area contributed by atoms with Gasteiger partial charge in [0.05, 0.1) is 30.2 Å². The summed E-state index contributed by atoms with van der Waals surface area (Å²) in [5, 5.41) is 0. The van der Waals surface area contributed by atoms with Gasteiger partial charge < -0.3 is 9.47 Å². The van der Waals surface area contributed by atoms with Crippen LogP contribution in [0.1, 0.15) is 39.3 Å². The number of ether oxygens (including phenoxy) is 2. The number of halogens is 1. The topological polar surface area (TPSA) is 90.0 Å². The predicted molar refractivity (Wildman–Crippen MR) is 125 cm³/mol. The van der Waals surface area contributed by atoms with Gasteiger partial charge in [0.15, 0.2) is 0 Å². The molecule has 36 heavy (non-hydrogen) atoms. The Kier molecular flexibility index (Phi) is 4.91. The number of fused-ring (bicyclic) bond motifs is 3. The first kappa shape index (κ1) is 22.3. The number of Topliss-reactive ketones (excluding diaryl/α,β-unsaturated/α-hetero) is 2. The lowest BCUT2D eigenvalue weighted by atomic mass is 9.77. The minimum atomic E-state index is -2.19. The van der Waals surface area contributed by atoms with E-state index < -0.39 is 52.7 Å². The standard InChI is InChI=1S/C28H20FNO6/c1-2-35-20-10-6-5-9-19(20)30-26(33)21-22(27(30)34)28(36-23(21)15-11-13-16(29)14-12-15)24(31)17-7-3-4-8-18(17)25(28)32/h3-14,21-23H,2H2,1H3. The van der Waals surface area contributed by atoms with Crippen molar-refractivity contribution in [1.82, 2.24) is 0 Å². The van der Waals surface area contributed by atoms with E-state index >= 15 is 0 Å². The second-order valence-corrected chi connectivity index (χ2v) is 8.95. The van der Waals surface area contributed by atoms with E-state index in [-0.39, 0.29) is 16.8 Å². The van der Waals surface area contributed by atoms with Gasteiger partial charge in [0.2, 0.25) is 29.0 Å². The first-order valence-corrected chi connectivity index (χ1v) is 11.6. The lowest BCUT2D eigenvalue weighted by molar-refractivity contribution is -0.127. The van der Waals surface area contributed by atoms with Crippen LogP contribution in [0.25, 0.3) is 0 Å². The van der Waals surface area contributed by atoms with Gasteiger partial charge in [-0.1, -0.05) is 48.5 Å². The van der Waals surface area contributed by atoms with E-state index in [0.717, 1.165) is 4.90 Å². The maximum absolute atomic E-state index is 14.0. The number of benzene rings is 3. The molecule has 0 radical (unpaired) electrons. The van der Waals surface area contributed by atoms with Gasteiger partial charge in [-0.15, -0.1) is 0 Å². The Morgan fingerprint density at radius 1 is 0.861 bits per heavy atom. The number of carbonyl (C=O) groups is 4. The quantitative estimate of drug-likeness (QED) is 0.411. The number of ketones is 2. The van der Waals surface area contributed by atoms with Crippen molar-refractivity contribution in [2.75, 3.05) is 11.5 Å². The summed E-state index contributed by atoms with van der Waals surface area (Å²) in [7, 11) is 0. The molecule has 3 atom stereocenters. The first-order valence-electron chi connectivity index (χ1n) is 11.6. The smallest absolute Gasteiger partial charge is 0.241 e. The van der Waals surface area contributed by atoms with E-state index in [1.54, 1.807) is 43.3 Å². The summed E-state index contributed by atoms with van der Waals surface area (Å²) in [4.78, 5) is 56.4. The second kappa shape index (κ2) is 7.93. The molecule has 2 fully saturated rings. The fraction of sp³-hybridized carbons (Fsp3) is 0.214. The van der Waals surface area contributed by atoms with Crippen LogP contribution in [0, 0.1) is 17.7 Å². The van der Waals surface area contributed by atoms with E-state index in [4.69, 9.17) is 9.47 Å². The Labute approximate surface area is 205 Å². The van der Waals surface area contributed by atoms with Crippen molar-refractivity contribution >= 4 is 29.1 Å².